The smallest absolute Gasteiger partial charge is 0.337 e. The Morgan fingerprint density at radius 1 is 1.27 bits per heavy atom. The molecule has 3 nitrogen and oxygen atoms in total. The number of methoxy groups -OCH3 is 1. The maximum Gasteiger partial charge on any atom is 0.337 e. The van der Waals surface area contributed by atoms with Gasteiger partial charge in [0, 0.05) is 5.69 Å². The molecule has 0 unspecified atom stereocenters. The van der Waals surface area contributed by atoms with Gasteiger partial charge in [-0.05, 0) is 24.3 Å². The zero-order chi connectivity index (χ0) is 11.3. The molecule has 0 saturated heterocycles. The van der Waals surface area contributed by atoms with Gasteiger partial charge in [-0.2, -0.15) is 25.3 Å². The van der Waals surface area contributed by atoms with Crippen LogP contribution in [0.5, 0.6) is 0 Å². The molecule has 0 atom stereocenters. The fourth-order valence-electron chi connectivity index (χ4n) is 1.13. The first-order valence-electron chi connectivity index (χ1n) is 4.38. The number of carbonyl (C=O) groups is 1. The lowest BCUT2D eigenvalue weighted by Gasteiger charge is -2.19. The lowest BCUT2D eigenvalue weighted by atomic mass is 10.2. The minimum atomic E-state index is -0.329. The van der Waals surface area contributed by atoms with Crippen LogP contribution in [0.1, 0.15) is 10.4 Å². The van der Waals surface area contributed by atoms with Crippen LogP contribution >= 0.6 is 25.3 Å². The number of benzene rings is 1. The molecule has 0 aromatic heterocycles. The van der Waals surface area contributed by atoms with Gasteiger partial charge >= 0.3 is 5.97 Å². The van der Waals surface area contributed by atoms with Crippen LogP contribution < -0.4 is 4.90 Å². The maximum atomic E-state index is 11.2. The molecule has 0 aliphatic heterocycles. The summed E-state index contributed by atoms with van der Waals surface area (Å²) in [5, 5.41) is 0. The van der Waals surface area contributed by atoms with E-state index in [1.54, 1.807) is 12.1 Å². The summed E-state index contributed by atoms with van der Waals surface area (Å²) in [6, 6.07) is 7.14. The SMILES string of the molecule is COC(=O)c1ccc(N(CS)CS)cc1. The van der Waals surface area contributed by atoms with Crippen molar-refractivity contribution in [3.05, 3.63) is 29.8 Å². The molecule has 5 heteroatoms. The lowest BCUT2D eigenvalue weighted by molar-refractivity contribution is 0.0601. The molecule has 82 valence electrons. The van der Waals surface area contributed by atoms with Gasteiger partial charge in [-0.1, -0.05) is 0 Å². The third-order valence-corrected chi connectivity index (χ3v) is 2.68. The van der Waals surface area contributed by atoms with E-state index in [0.29, 0.717) is 17.3 Å². The highest BCUT2D eigenvalue weighted by atomic mass is 32.1. The summed E-state index contributed by atoms with van der Waals surface area (Å²) in [4.78, 5) is 13.1. The zero-order valence-corrected chi connectivity index (χ0v) is 10.2. The van der Waals surface area contributed by atoms with E-state index in [2.05, 4.69) is 30.0 Å². The largest absolute Gasteiger partial charge is 0.465 e. The zero-order valence-electron chi connectivity index (χ0n) is 8.38. The molecular formula is C10H13NO2S2. The third-order valence-electron chi connectivity index (χ3n) is 1.99. The topological polar surface area (TPSA) is 29.5 Å². The van der Waals surface area contributed by atoms with Crippen LogP contribution in [0.15, 0.2) is 24.3 Å². The first kappa shape index (κ1) is 12.3. The van der Waals surface area contributed by atoms with Crippen LogP contribution in [0.4, 0.5) is 5.69 Å². The summed E-state index contributed by atoms with van der Waals surface area (Å²) in [6.07, 6.45) is 0. The first-order chi connectivity index (χ1) is 7.22. The van der Waals surface area contributed by atoms with Crippen molar-refractivity contribution in [1.82, 2.24) is 0 Å². The molecule has 0 bridgehead atoms. The highest BCUT2D eigenvalue weighted by Crippen LogP contribution is 2.16. The number of nitrogens with zero attached hydrogens (tertiary/aromatic N) is 1. The Balaban J connectivity index is 2.84. The average molecular weight is 243 g/mol. The van der Waals surface area contributed by atoms with Crippen molar-refractivity contribution >= 4 is 36.9 Å². The molecule has 15 heavy (non-hydrogen) atoms. The van der Waals surface area contributed by atoms with Crippen LogP contribution in [0.3, 0.4) is 0 Å². The fourth-order valence-corrected chi connectivity index (χ4v) is 1.82. The van der Waals surface area contributed by atoms with Crippen LogP contribution in [0.2, 0.25) is 0 Å². The van der Waals surface area contributed by atoms with E-state index in [1.165, 1.54) is 7.11 Å². The van der Waals surface area contributed by atoms with Crippen molar-refractivity contribution in [3.63, 3.8) is 0 Å². The predicted molar refractivity (Wildman–Crippen MR) is 68.0 cm³/mol. The minimum absolute atomic E-state index is 0.329. The molecule has 0 fully saturated rings. The van der Waals surface area contributed by atoms with Gasteiger partial charge in [-0.25, -0.2) is 4.79 Å². The third kappa shape index (κ3) is 3.07. The molecule has 0 N–H and O–H groups in total. The van der Waals surface area contributed by atoms with Gasteiger partial charge in [-0.3, -0.25) is 0 Å². The Kier molecular flexibility index (Phi) is 4.84. The highest BCUT2D eigenvalue weighted by molar-refractivity contribution is 7.81. The maximum absolute atomic E-state index is 11.2. The standard InChI is InChI=1S/C10H13NO2S2/c1-13-10(12)8-2-4-9(5-3-8)11(6-14)7-15/h2-5,14-15H,6-7H2,1H3. The van der Waals surface area contributed by atoms with E-state index in [0.717, 1.165) is 5.69 Å². The number of rotatable bonds is 4. The van der Waals surface area contributed by atoms with Gasteiger partial charge in [0.2, 0.25) is 0 Å². The molecule has 0 amide bonds. The van der Waals surface area contributed by atoms with Gasteiger partial charge < -0.3 is 9.64 Å². The predicted octanol–water partition coefficient (Wildman–Crippen LogP) is 2.05. The number of anilines is 1. The number of ether oxygens (including phenoxy) is 1. The van der Waals surface area contributed by atoms with Crippen LogP contribution in [-0.4, -0.2) is 24.8 Å². The second kappa shape index (κ2) is 5.92. The minimum Gasteiger partial charge on any atom is -0.465 e. The Bertz CT molecular complexity index is 323. The van der Waals surface area contributed by atoms with Gasteiger partial charge in [0.1, 0.15) is 0 Å². The van der Waals surface area contributed by atoms with Gasteiger partial charge in [0.15, 0.2) is 0 Å². The Hall–Kier alpha value is -0.810. The van der Waals surface area contributed by atoms with Gasteiger partial charge in [0.25, 0.3) is 0 Å². The molecule has 0 spiro atoms. The van der Waals surface area contributed by atoms with Gasteiger partial charge in [-0.15, -0.1) is 0 Å². The Morgan fingerprint density at radius 3 is 2.20 bits per heavy atom. The summed E-state index contributed by atoms with van der Waals surface area (Å²) >= 11 is 8.35. The van der Waals surface area contributed by atoms with E-state index < -0.39 is 0 Å². The monoisotopic (exact) mass is 243 g/mol. The van der Waals surface area contributed by atoms with Crippen molar-refractivity contribution < 1.29 is 9.53 Å². The quantitative estimate of drug-likeness (QED) is 0.482. The summed E-state index contributed by atoms with van der Waals surface area (Å²) in [5.41, 5.74) is 1.52. The highest BCUT2D eigenvalue weighted by Gasteiger charge is 2.06. The van der Waals surface area contributed by atoms with Crippen molar-refractivity contribution in [1.29, 1.82) is 0 Å². The van der Waals surface area contributed by atoms with Crippen LogP contribution in [0.25, 0.3) is 0 Å². The van der Waals surface area contributed by atoms with E-state index in [-0.39, 0.29) is 5.97 Å². The van der Waals surface area contributed by atoms with Gasteiger partial charge in [0.05, 0.1) is 24.4 Å². The van der Waals surface area contributed by atoms with Crippen molar-refractivity contribution in [2.24, 2.45) is 0 Å². The van der Waals surface area contributed by atoms with Crippen molar-refractivity contribution in [3.8, 4) is 0 Å². The van der Waals surface area contributed by atoms with E-state index in [9.17, 15) is 4.79 Å². The Morgan fingerprint density at radius 2 is 1.80 bits per heavy atom. The number of esters is 1. The molecule has 1 aromatic rings. The molecule has 0 aliphatic rings. The van der Waals surface area contributed by atoms with Crippen molar-refractivity contribution in [2.45, 2.75) is 0 Å². The molecule has 0 heterocycles. The second-order valence-electron chi connectivity index (χ2n) is 2.86. The number of hydrogen-bond acceptors (Lipinski definition) is 5. The molecule has 0 aliphatic carbocycles. The summed E-state index contributed by atoms with van der Waals surface area (Å²) < 4.78 is 4.61. The molecule has 1 aromatic carbocycles. The summed E-state index contributed by atoms with van der Waals surface area (Å²) in [7, 11) is 1.37. The second-order valence-corrected chi connectivity index (χ2v) is 3.43. The first-order valence-corrected chi connectivity index (χ1v) is 5.64. The molecule has 0 saturated carbocycles. The fraction of sp³-hybridized carbons (Fsp3) is 0.300. The molecule has 0 radical (unpaired) electrons. The van der Waals surface area contributed by atoms with Crippen molar-refractivity contribution in [2.75, 3.05) is 23.8 Å². The van der Waals surface area contributed by atoms with Crippen LogP contribution in [0, 0.1) is 0 Å². The average Bonchev–Trinajstić information content (AvgIpc) is 2.30. The summed E-state index contributed by atoms with van der Waals surface area (Å²) in [5.74, 6) is 0.840. The van der Waals surface area contributed by atoms with E-state index in [4.69, 9.17) is 0 Å². The number of hydrogen-bond donors (Lipinski definition) is 2. The van der Waals surface area contributed by atoms with E-state index in [1.807, 2.05) is 17.0 Å². The van der Waals surface area contributed by atoms with Crippen LogP contribution in [-0.2, 0) is 4.74 Å². The summed E-state index contributed by atoms with van der Waals surface area (Å²) in [6.45, 7) is 0. The van der Waals surface area contributed by atoms with E-state index >= 15 is 0 Å². The number of thiol groups is 2. The molecule has 1 rings (SSSR count). The number of carbonyl (C=O) groups excluding carboxylic acids is 1. The lowest BCUT2D eigenvalue weighted by Crippen LogP contribution is -2.19. The Labute approximate surface area is 100 Å². The molecular weight excluding hydrogens is 230 g/mol. The normalized spacial score (nSPS) is 9.80.